The predicted octanol–water partition coefficient (Wildman–Crippen LogP) is 4.23. The molecular weight excluding hydrogens is 340 g/mol. The maximum Gasteiger partial charge on any atom is 0.318 e. The van der Waals surface area contributed by atoms with E-state index in [1.807, 2.05) is 66.7 Å². The van der Waals surface area contributed by atoms with Gasteiger partial charge in [0.1, 0.15) is 0 Å². The molecule has 1 N–H and O–H groups in total. The van der Waals surface area contributed by atoms with Gasteiger partial charge in [-0.2, -0.15) is 0 Å². The van der Waals surface area contributed by atoms with Crippen LogP contribution in [0.3, 0.4) is 0 Å². The molecule has 0 radical (unpaired) electrons. The molecule has 1 heterocycles. The molecule has 3 rings (SSSR count). The predicted molar refractivity (Wildman–Crippen MR) is 104 cm³/mol. The summed E-state index contributed by atoms with van der Waals surface area (Å²) >= 11 is 0. The standard InChI is InChI=1S/C22H24N2O3/c1-26-15-13-24(16-18-12-14-27-17-18)22(25)23-21(19-8-4-2-5-9-19)20-10-6-3-7-11-20/h2-12,14,17,21H,13,15-16H2,1H3,(H,23,25). The van der Waals surface area contributed by atoms with Gasteiger partial charge in [0.05, 0.1) is 31.7 Å². The number of nitrogens with one attached hydrogen (secondary N) is 1. The summed E-state index contributed by atoms with van der Waals surface area (Å²) in [6, 6.07) is 21.4. The van der Waals surface area contributed by atoms with Crippen LogP contribution in [0.2, 0.25) is 0 Å². The molecule has 0 atom stereocenters. The molecule has 5 heteroatoms. The minimum absolute atomic E-state index is 0.147. The number of nitrogens with zero attached hydrogens (tertiary/aromatic N) is 1. The average Bonchev–Trinajstić information content (AvgIpc) is 3.23. The Bertz CT molecular complexity index is 765. The number of hydrogen-bond donors (Lipinski definition) is 1. The highest BCUT2D eigenvalue weighted by Gasteiger charge is 2.21. The highest BCUT2D eigenvalue weighted by molar-refractivity contribution is 5.75. The molecule has 0 unspecified atom stereocenters. The van der Waals surface area contributed by atoms with Gasteiger partial charge in [0, 0.05) is 19.2 Å². The Hall–Kier alpha value is -3.05. The molecule has 2 amide bonds. The van der Waals surface area contributed by atoms with Crippen molar-refractivity contribution in [1.82, 2.24) is 10.2 Å². The molecule has 0 saturated heterocycles. The number of furan rings is 1. The van der Waals surface area contributed by atoms with Crippen LogP contribution < -0.4 is 5.32 Å². The Kier molecular flexibility index (Phi) is 6.66. The summed E-state index contributed by atoms with van der Waals surface area (Å²) in [4.78, 5) is 14.8. The Balaban J connectivity index is 1.81. The number of carbonyl (C=O) groups excluding carboxylic acids is 1. The van der Waals surface area contributed by atoms with Gasteiger partial charge < -0.3 is 19.4 Å². The quantitative estimate of drug-likeness (QED) is 0.651. The highest BCUT2D eigenvalue weighted by Crippen LogP contribution is 2.22. The van der Waals surface area contributed by atoms with Gasteiger partial charge in [-0.1, -0.05) is 60.7 Å². The van der Waals surface area contributed by atoms with Crippen LogP contribution in [-0.4, -0.2) is 31.2 Å². The van der Waals surface area contributed by atoms with Gasteiger partial charge in [0.2, 0.25) is 0 Å². The molecule has 0 fully saturated rings. The number of ether oxygens (including phenoxy) is 1. The second-order valence-electron chi connectivity index (χ2n) is 6.25. The van der Waals surface area contributed by atoms with E-state index < -0.39 is 0 Å². The van der Waals surface area contributed by atoms with Crippen LogP contribution >= 0.6 is 0 Å². The van der Waals surface area contributed by atoms with Crippen molar-refractivity contribution >= 4 is 6.03 Å². The Morgan fingerprint density at radius 3 is 2.19 bits per heavy atom. The van der Waals surface area contributed by atoms with Crippen LogP contribution in [0.4, 0.5) is 4.79 Å². The Morgan fingerprint density at radius 1 is 1.04 bits per heavy atom. The first-order chi connectivity index (χ1) is 13.3. The number of benzene rings is 2. The fourth-order valence-corrected chi connectivity index (χ4v) is 2.92. The molecule has 0 aliphatic rings. The highest BCUT2D eigenvalue weighted by atomic mass is 16.5. The summed E-state index contributed by atoms with van der Waals surface area (Å²) in [7, 11) is 1.63. The first-order valence-corrected chi connectivity index (χ1v) is 8.93. The lowest BCUT2D eigenvalue weighted by atomic mass is 9.99. The Morgan fingerprint density at radius 2 is 1.67 bits per heavy atom. The summed E-state index contributed by atoms with van der Waals surface area (Å²) in [6.07, 6.45) is 3.26. The van der Waals surface area contributed by atoms with E-state index >= 15 is 0 Å². The molecule has 0 aliphatic carbocycles. The minimum atomic E-state index is -0.228. The summed E-state index contributed by atoms with van der Waals surface area (Å²) in [6.45, 7) is 1.42. The van der Waals surface area contributed by atoms with E-state index in [2.05, 4.69) is 5.32 Å². The first kappa shape index (κ1) is 18.7. The van der Waals surface area contributed by atoms with Crippen LogP contribution in [0.5, 0.6) is 0 Å². The van der Waals surface area contributed by atoms with E-state index in [0.29, 0.717) is 19.7 Å². The minimum Gasteiger partial charge on any atom is -0.472 e. The molecule has 1 aromatic heterocycles. The van der Waals surface area contributed by atoms with Crippen LogP contribution in [0.15, 0.2) is 83.7 Å². The lowest BCUT2D eigenvalue weighted by molar-refractivity contribution is 0.145. The van der Waals surface area contributed by atoms with Crippen LogP contribution in [0.1, 0.15) is 22.7 Å². The number of urea groups is 1. The maximum absolute atomic E-state index is 13.1. The average molecular weight is 364 g/mol. The molecule has 0 saturated carbocycles. The summed E-state index contributed by atoms with van der Waals surface area (Å²) in [5.41, 5.74) is 3.01. The fourth-order valence-electron chi connectivity index (χ4n) is 2.92. The third-order valence-electron chi connectivity index (χ3n) is 4.34. The number of methoxy groups -OCH3 is 1. The zero-order chi connectivity index (χ0) is 18.9. The number of rotatable bonds is 8. The van der Waals surface area contributed by atoms with Crippen molar-refractivity contribution in [3.8, 4) is 0 Å². The van der Waals surface area contributed by atoms with Crippen molar-refractivity contribution in [2.75, 3.05) is 20.3 Å². The van der Waals surface area contributed by atoms with E-state index in [1.54, 1.807) is 24.5 Å². The largest absolute Gasteiger partial charge is 0.472 e. The van der Waals surface area contributed by atoms with Gasteiger partial charge in [-0.25, -0.2) is 4.79 Å². The van der Waals surface area contributed by atoms with Crippen molar-refractivity contribution in [3.63, 3.8) is 0 Å². The van der Waals surface area contributed by atoms with E-state index in [1.165, 1.54) is 0 Å². The summed E-state index contributed by atoms with van der Waals surface area (Å²) < 4.78 is 10.3. The lowest BCUT2D eigenvalue weighted by Gasteiger charge is -2.27. The molecule has 2 aromatic carbocycles. The normalized spacial score (nSPS) is 10.7. The number of carbonyl (C=O) groups is 1. The van der Waals surface area contributed by atoms with Gasteiger partial charge in [-0.15, -0.1) is 0 Å². The molecular formula is C22H24N2O3. The maximum atomic E-state index is 13.1. The van der Waals surface area contributed by atoms with Crippen LogP contribution in [0, 0.1) is 0 Å². The van der Waals surface area contributed by atoms with Crippen molar-refractivity contribution < 1.29 is 13.9 Å². The van der Waals surface area contributed by atoms with E-state index in [4.69, 9.17) is 9.15 Å². The van der Waals surface area contributed by atoms with Crippen molar-refractivity contribution in [2.45, 2.75) is 12.6 Å². The van der Waals surface area contributed by atoms with Crippen molar-refractivity contribution in [1.29, 1.82) is 0 Å². The lowest BCUT2D eigenvalue weighted by Crippen LogP contribution is -2.43. The monoisotopic (exact) mass is 364 g/mol. The van der Waals surface area contributed by atoms with Gasteiger partial charge >= 0.3 is 6.03 Å². The fraction of sp³-hybridized carbons (Fsp3) is 0.227. The molecule has 27 heavy (non-hydrogen) atoms. The molecule has 3 aromatic rings. The molecule has 5 nitrogen and oxygen atoms in total. The Labute approximate surface area is 159 Å². The van der Waals surface area contributed by atoms with E-state index in [0.717, 1.165) is 16.7 Å². The summed E-state index contributed by atoms with van der Waals surface area (Å²) in [5, 5.41) is 3.17. The van der Waals surface area contributed by atoms with Gasteiger partial charge in [0.25, 0.3) is 0 Å². The van der Waals surface area contributed by atoms with Gasteiger partial charge in [-0.05, 0) is 17.2 Å². The second kappa shape index (κ2) is 9.59. The first-order valence-electron chi connectivity index (χ1n) is 8.93. The second-order valence-corrected chi connectivity index (χ2v) is 6.25. The van der Waals surface area contributed by atoms with Gasteiger partial charge in [0.15, 0.2) is 0 Å². The third kappa shape index (κ3) is 5.21. The van der Waals surface area contributed by atoms with Crippen molar-refractivity contribution in [2.24, 2.45) is 0 Å². The topological polar surface area (TPSA) is 54.7 Å². The zero-order valence-electron chi connectivity index (χ0n) is 15.4. The van der Waals surface area contributed by atoms with E-state index in [-0.39, 0.29) is 12.1 Å². The van der Waals surface area contributed by atoms with E-state index in [9.17, 15) is 4.79 Å². The SMILES string of the molecule is COCCN(Cc1ccoc1)C(=O)NC(c1ccccc1)c1ccccc1. The zero-order valence-corrected chi connectivity index (χ0v) is 15.4. The van der Waals surface area contributed by atoms with Crippen LogP contribution in [0.25, 0.3) is 0 Å². The number of hydrogen-bond acceptors (Lipinski definition) is 3. The smallest absolute Gasteiger partial charge is 0.318 e. The summed E-state index contributed by atoms with van der Waals surface area (Å²) in [5.74, 6) is 0. The number of amides is 2. The molecule has 0 spiro atoms. The van der Waals surface area contributed by atoms with Gasteiger partial charge in [-0.3, -0.25) is 0 Å². The third-order valence-corrected chi connectivity index (χ3v) is 4.34. The molecule has 0 bridgehead atoms. The molecule has 140 valence electrons. The van der Waals surface area contributed by atoms with Crippen LogP contribution in [-0.2, 0) is 11.3 Å². The molecule has 0 aliphatic heterocycles. The van der Waals surface area contributed by atoms with Crippen molar-refractivity contribution in [3.05, 3.63) is 95.9 Å².